The van der Waals surface area contributed by atoms with Gasteiger partial charge in [-0.2, -0.15) is 0 Å². The zero-order valence-corrected chi connectivity index (χ0v) is 11.8. The number of phenolic OH excluding ortho intramolecular Hbond substituents is 2. The van der Waals surface area contributed by atoms with Crippen molar-refractivity contribution in [3.8, 4) is 11.5 Å². The van der Waals surface area contributed by atoms with Crippen LogP contribution in [0.3, 0.4) is 0 Å². The van der Waals surface area contributed by atoms with Gasteiger partial charge in [-0.15, -0.1) is 0 Å². The van der Waals surface area contributed by atoms with Crippen molar-refractivity contribution in [1.29, 1.82) is 0 Å². The van der Waals surface area contributed by atoms with Gasteiger partial charge >= 0.3 is 0 Å². The zero-order valence-electron chi connectivity index (χ0n) is 11.8. The molecule has 3 N–H and O–H groups in total. The summed E-state index contributed by atoms with van der Waals surface area (Å²) in [4.78, 5) is 14.4. The van der Waals surface area contributed by atoms with Gasteiger partial charge in [0.25, 0.3) is 5.91 Å². The van der Waals surface area contributed by atoms with Gasteiger partial charge in [0.2, 0.25) is 0 Å². The van der Waals surface area contributed by atoms with Gasteiger partial charge in [0.1, 0.15) is 11.5 Å². The lowest BCUT2D eigenvalue weighted by atomic mass is 9.96. The van der Waals surface area contributed by atoms with E-state index < -0.39 is 0 Å². The van der Waals surface area contributed by atoms with Crippen LogP contribution < -0.4 is 5.32 Å². The number of phenols is 2. The topological polar surface area (TPSA) is 72.8 Å². The number of hydrogen-bond donors (Lipinski definition) is 3. The third-order valence-electron chi connectivity index (χ3n) is 3.93. The maximum absolute atomic E-state index is 12.0. The molecule has 0 aromatic heterocycles. The highest BCUT2D eigenvalue weighted by Crippen LogP contribution is 2.22. The number of nitrogens with zero attached hydrogens (tertiary/aromatic N) is 1. The normalized spacial score (nSPS) is 17.1. The first kappa shape index (κ1) is 14.7. The third-order valence-corrected chi connectivity index (χ3v) is 3.93. The van der Waals surface area contributed by atoms with E-state index in [1.54, 1.807) is 0 Å². The lowest BCUT2D eigenvalue weighted by molar-refractivity contribution is 0.0934. The molecule has 1 aliphatic rings. The van der Waals surface area contributed by atoms with Crippen LogP contribution in [0.1, 0.15) is 30.1 Å². The quantitative estimate of drug-likeness (QED) is 0.781. The van der Waals surface area contributed by atoms with Gasteiger partial charge in [0, 0.05) is 12.6 Å². The molecule has 1 amide bonds. The Balaban J connectivity index is 1.83. The summed E-state index contributed by atoms with van der Waals surface area (Å²) >= 11 is 0. The van der Waals surface area contributed by atoms with Crippen LogP contribution in [-0.4, -0.2) is 47.2 Å². The highest BCUT2D eigenvalue weighted by molar-refractivity contribution is 5.96. The van der Waals surface area contributed by atoms with Crippen LogP contribution in [0.2, 0.25) is 0 Å². The Bertz CT molecular complexity index is 468. The Labute approximate surface area is 119 Å². The molecule has 5 heteroatoms. The van der Waals surface area contributed by atoms with Crippen LogP contribution in [0.25, 0.3) is 0 Å². The highest BCUT2D eigenvalue weighted by Gasteiger charge is 2.19. The summed E-state index contributed by atoms with van der Waals surface area (Å²) in [5.41, 5.74) is 0.203. The number of benzene rings is 1. The fourth-order valence-corrected chi connectivity index (χ4v) is 2.55. The first-order chi connectivity index (χ1) is 9.60. The van der Waals surface area contributed by atoms with E-state index in [9.17, 15) is 15.0 Å². The first-order valence-electron chi connectivity index (χ1n) is 7.12. The molecule has 1 aliphatic heterocycles. The van der Waals surface area contributed by atoms with Crippen molar-refractivity contribution < 1.29 is 15.0 Å². The van der Waals surface area contributed by atoms with Crippen molar-refractivity contribution in [3.05, 3.63) is 23.8 Å². The van der Waals surface area contributed by atoms with Crippen molar-refractivity contribution in [1.82, 2.24) is 10.2 Å². The Morgan fingerprint density at radius 1 is 1.35 bits per heavy atom. The maximum atomic E-state index is 12.0. The summed E-state index contributed by atoms with van der Waals surface area (Å²) in [6.45, 7) is 6.05. The van der Waals surface area contributed by atoms with Crippen LogP contribution >= 0.6 is 0 Å². The molecular weight excluding hydrogens is 256 g/mol. The molecule has 0 aliphatic carbocycles. The van der Waals surface area contributed by atoms with Crippen LogP contribution in [0.5, 0.6) is 11.5 Å². The number of aromatic hydroxyl groups is 2. The van der Waals surface area contributed by atoms with Gasteiger partial charge < -0.3 is 20.4 Å². The van der Waals surface area contributed by atoms with Crippen molar-refractivity contribution in [3.63, 3.8) is 0 Å². The molecule has 1 fully saturated rings. The first-order valence-corrected chi connectivity index (χ1v) is 7.12. The van der Waals surface area contributed by atoms with Crippen molar-refractivity contribution in [2.75, 3.05) is 26.2 Å². The minimum Gasteiger partial charge on any atom is -0.508 e. The minimum atomic E-state index is -0.291. The van der Waals surface area contributed by atoms with Gasteiger partial charge in [-0.05, 0) is 50.5 Å². The smallest absolute Gasteiger partial charge is 0.255 e. The van der Waals surface area contributed by atoms with Gasteiger partial charge in [-0.1, -0.05) is 6.92 Å². The molecule has 0 saturated carbocycles. The summed E-state index contributed by atoms with van der Waals surface area (Å²) < 4.78 is 0. The van der Waals surface area contributed by atoms with Crippen LogP contribution in [0.15, 0.2) is 18.2 Å². The third kappa shape index (κ3) is 3.63. The second-order valence-corrected chi connectivity index (χ2v) is 5.29. The Kier molecular flexibility index (Phi) is 4.84. The van der Waals surface area contributed by atoms with E-state index in [1.807, 2.05) is 0 Å². The van der Waals surface area contributed by atoms with Crippen molar-refractivity contribution in [2.24, 2.45) is 5.92 Å². The number of carbonyl (C=O) groups excluding carboxylic acids is 1. The Hall–Kier alpha value is -1.75. The SMILES string of the molecule is CCN1CCC(CNC(=O)c2ccc(O)cc2O)CC1. The van der Waals surface area contributed by atoms with Crippen molar-refractivity contribution in [2.45, 2.75) is 19.8 Å². The summed E-state index contributed by atoms with van der Waals surface area (Å²) in [5, 5.41) is 21.7. The van der Waals surface area contributed by atoms with Gasteiger partial charge in [0.15, 0.2) is 0 Å². The van der Waals surface area contributed by atoms with E-state index in [0.29, 0.717) is 12.5 Å². The summed E-state index contributed by atoms with van der Waals surface area (Å²) in [7, 11) is 0. The highest BCUT2D eigenvalue weighted by atomic mass is 16.3. The number of piperidine rings is 1. The zero-order chi connectivity index (χ0) is 14.5. The average Bonchev–Trinajstić information content (AvgIpc) is 2.45. The average molecular weight is 278 g/mol. The molecule has 1 saturated heterocycles. The molecule has 1 aromatic carbocycles. The van der Waals surface area contributed by atoms with Crippen LogP contribution in [0, 0.1) is 5.92 Å². The Morgan fingerprint density at radius 2 is 2.05 bits per heavy atom. The fourth-order valence-electron chi connectivity index (χ4n) is 2.55. The van der Waals surface area contributed by atoms with E-state index in [-0.39, 0.29) is 23.0 Å². The molecule has 0 unspecified atom stereocenters. The van der Waals surface area contributed by atoms with Crippen molar-refractivity contribution >= 4 is 5.91 Å². The number of likely N-dealkylation sites (tertiary alicyclic amines) is 1. The van der Waals surface area contributed by atoms with E-state index in [2.05, 4.69) is 17.1 Å². The molecule has 110 valence electrons. The predicted molar refractivity (Wildman–Crippen MR) is 76.9 cm³/mol. The number of amides is 1. The lowest BCUT2D eigenvalue weighted by Crippen LogP contribution is -2.38. The second kappa shape index (κ2) is 6.61. The number of nitrogens with one attached hydrogen (secondary N) is 1. The molecule has 2 rings (SSSR count). The largest absolute Gasteiger partial charge is 0.508 e. The summed E-state index contributed by atoms with van der Waals surface area (Å²) in [5.74, 6) is -0.0317. The van der Waals surface area contributed by atoms with Gasteiger partial charge in [0.05, 0.1) is 5.56 Å². The molecule has 1 heterocycles. The monoisotopic (exact) mass is 278 g/mol. The predicted octanol–water partition coefficient (Wildman–Crippen LogP) is 1.56. The minimum absolute atomic E-state index is 0.0500. The fraction of sp³-hybridized carbons (Fsp3) is 0.533. The molecule has 0 bridgehead atoms. The van der Waals surface area contributed by atoms with E-state index in [1.165, 1.54) is 18.2 Å². The molecular formula is C15H22N2O3. The summed E-state index contributed by atoms with van der Waals surface area (Å²) in [6, 6.07) is 4.00. The lowest BCUT2D eigenvalue weighted by Gasteiger charge is -2.31. The standard InChI is InChI=1S/C15H22N2O3/c1-2-17-7-5-11(6-8-17)10-16-15(20)13-4-3-12(18)9-14(13)19/h3-4,9,11,18-19H,2,5-8,10H2,1H3,(H,16,20). The van der Waals surface area contributed by atoms with Gasteiger partial charge in [-0.3, -0.25) is 4.79 Å². The van der Waals surface area contributed by atoms with E-state index in [4.69, 9.17) is 0 Å². The molecule has 1 aromatic rings. The molecule has 0 radical (unpaired) electrons. The maximum Gasteiger partial charge on any atom is 0.255 e. The molecule has 5 nitrogen and oxygen atoms in total. The number of hydrogen-bond acceptors (Lipinski definition) is 4. The van der Waals surface area contributed by atoms with Crippen LogP contribution in [0.4, 0.5) is 0 Å². The second-order valence-electron chi connectivity index (χ2n) is 5.29. The van der Waals surface area contributed by atoms with E-state index in [0.717, 1.165) is 32.5 Å². The summed E-state index contributed by atoms with van der Waals surface area (Å²) in [6.07, 6.45) is 2.19. The Morgan fingerprint density at radius 3 is 2.65 bits per heavy atom. The van der Waals surface area contributed by atoms with Gasteiger partial charge in [-0.25, -0.2) is 0 Å². The molecule has 20 heavy (non-hydrogen) atoms. The number of rotatable bonds is 4. The number of carbonyl (C=O) groups is 1. The molecule has 0 spiro atoms. The van der Waals surface area contributed by atoms with Crippen LogP contribution in [-0.2, 0) is 0 Å². The molecule has 0 atom stereocenters. The van der Waals surface area contributed by atoms with E-state index >= 15 is 0 Å².